The van der Waals surface area contributed by atoms with Crippen molar-refractivity contribution in [2.75, 3.05) is 0 Å². The summed E-state index contributed by atoms with van der Waals surface area (Å²) in [5.74, 6) is 0. The van der Waals surface area contributed by atoms with Crippen LogP contribution in [0.4, 0.5) is 0 Å². The predicted molar refractivity (Wildman–Crippen MR) is 96.4 cm³/mol. The molecule has 4 rings (SSSR count). The van der Waals surface area contributed by atoms with E-state index >= 15 is 0 Å². The summed E-state index contributed by atoms with van der Waals surface area (Å²) in [4.78, 5) is 17.2. The first kappa shape index (κ1) is 14.7. The molecule has 0 aliphatic rings. The molecule has 0 aliphatic carbocycles. The molecule has 0 aliphatic heterocycles. The minimum absolute atomic E-state index is 0.137. The third-order valence-electron chi connectivity index (χ3n) is 4.00. The van der Waals surface area contributed by atoms with Gasteiger partial charge < -0.3 is 0 Å². The number of rotatable bonds is 2. The first-order chi connectivity index (χ1) is 11.6. The summed E-state index contributed by atoms with van der Waals surface area (Å²) in [7, 11) is 0. The Kier molecular flexibility index (Phi) is 3.47. The van der Waals surface area contributed by atoms with Gasteiger partial charge in [0.15, 0.2) is 5.65 Å². The smallest absolute Gasteiger partial charge is 0.273 e. The van der Waals surface area contributed by atoms with Crippen molar-refractivity contribution in [1.29, 1.82) is 0 Å². The van der Waals surface area contributed by atoms with Gasteiger partial charge in [-0.25, -0.2) is 9.50 Å². The number of aromatic amines is 1. The molecule has 0 amide bonds. The molecule has 118 valence electrons. The molecule has 2 aromatic carbocycles. The van der Waals surface area contributed by atoms with Gasteiger partial charge >= 0.3 is 0 Å². The van der Waals surface area contributed by atoms with Gasteiger partial charge in [-0.2, -0.15) is 0 Å². The number of hydrogen-bond donors (Lipinski definition) is 1. The number of fused-ring (bicyclic) bond motifs is 1. The van der Waals surface area contributed by atoms with Crippen LogP contribution in [-0.2, 0) is 0 Å². The largest absolute Gasteiger partial charge is 0.293 e. The summed E-state index contributed by atoms with van der Waals surface area (Å²) in [6.45, 7) is 1.93. The minimum atomic E-state index is -0.137. The van der Waals surface area contributed by atoms with Gasteiger partial charge in [0, 0.05) is 27.9 Å². The molecule has 0 bridgehead atoms. The van der Waals surface area contributed by atoms with Gasteiger partial charge in [-0.05, 0) is 24.6 Å². The van der Waals surface area contributed by atoms with Crippen molar-refractivity contribution in [3.8, 4) is 22.4 Å². The average Bonchev–Trinajstić information content (AvgIpc) is 2.93. The molecule has 5 heteroatoms. The maximum absolute atomic E-state index is 12.5. The summed E-state index contributed by atoms with van der Waals surface area (Å²) in [6, 6.07) is 18.8. The van der Waals surface area contributed by atoms with E-state index < -0.39 is 0 Å². The topological polar surface area (TPSA) is 50.2 Å². The molecular formula is C19H14ClN3O. The highest BCUT2D eigenvalue weighted by molar-refractivity contribution is 6.30. The van der Waals surface area contributed by atoms with E-state index in [1.807, 2.05) is 61.5 Å². The number of aromatic nitrogens is 3. The van der Waals surface area contributed by atoms with Crippen LogP contribution in [0.5, 0.6) is 0 Å². The van der Waals surface area contributed by atoms with Gasteiger partial charge in [-0.3, -0.25) is 9.89 Å². The number of nitrogens with one attached hydrogen (secondary N) is 1. The summed E-state index contributed by atoms with van der Waals surface area (Å²) in [5, 5.41) is 3.77. The lowest BCUT2D eigenvalue weighted by Crippen LogP contribution is -2.14. The Morgan fingerprint density at radius 2 is 1.71 bits per heavy atom. The number of hydrogen-bond acceptors (Lipinski definition) is 2. The Labute approximate surface area is 143 Å². The molecule has 0 unspecified atom stereocenters. The Morgan fingerprint density at radius 1 is 1.00 bits per heavy atom. The molecule has 4 nitrogen and oxygen atoms in total. The first-order valence-electron chi connectivity index (χ1n) is 7.57. The SMILES string of the molecule is Cc1[nH]n2c(=O)cc(-c3ccccc3)nc2c1-c1ccc(Cl)cc1. The summed E-state index contributed by atoms with van der Waals surface area (Å²) < 4.78 is 1.48. The molecule has 24 heavy (non-hydrogen) atoms. The number of aryl methyl sites for hydroxylation is 1. The molecule has 0 radical (unpaired) electrons. The molecule has 0 spiro atoms. The summed E-state index contributed by atoms with van der Waals surface area (Å²) >= 11 is 5.98. The van der Waals surface area contributed by atoms with E-state index in [4.69, 9.17) is 16.6 Å². The van der Waals surface area contributed by atoms with Crippen LogP contribution in [0.2, 0.25) is 5.02 Å². The standard InChI is InChI=1S/C19H14ClN3O/c1-12-18(14-7-9-15(20)10-8-14)19-21-16(11-17(24)23(19)22-12)13-5-3-2-4-6-13/h2-11,22H,1H3. The predicted octanol–water partition coefficient (Wildman–Crippen LogP) is 4.32. The normalized spacial score (nSPS) is 11.1. The zero-order valence-electron chi connectivity index (χ0n) is 13.0. The Morgan fingerprint density at radius 3 is 2.42 bits per heavy atom. The van der Waals surface area contributed by atoms with E-state index in [0.29, 0.717) is 16.4 Å². The number of halogens is 1. The molecule has 1 N–H and O–H groups in total. The van der Waals surface area contributed by atoms with E-state index in [0.717, 1.165) is 22.4 Å². The highest BCUT2D eigenvalue weighted by atomic mass is 35.5. The summed E-state index contributed by atoms with van der Waals surface area (Å²) in [5.41, 5.74) is 4.80. The van der Waals surface area contributed by atoms with Crippen LogP contribution in [0.15, 0.2) is 65.5 Å². The molecule has 2 aromatic heterocycles. The van der Waals surface area contributed by atoms with E-state index in [9.17, 15) is 4.79 Å². The second kappa shape index (κ2) is 5.65. The first-order valence-corrected chi connectivity index (χ1v) is 7.95. The minimum Gasteiger partial charge on any atom is -0.293 e. The van der Waals surface area contributed by atoms with Gasteiger partial charge in [0.05, 0.1) is 5.69 Å². The lowest BCUT2D eigenvalue weighted by atomic mass is 10.1. The van der Waals surface area contributed by atoms with Gasteiger partial charge in [0.2, 0.25) is 0 Å². The Hall–Kier alpha value is -2.85. The number of nitrogens with zero attached hydrogens (tertiary/aromatic N) is 2. The van der Waals surface area contributed by atoms with Crippen LogP contribution < -0.4 is 5.56 Å². The molecule has 0 saturated carbocycles. The van der Waals surface area contributed by atoms with Gasteiger partial charge in [-0.1, -0.05) is 54.1 Å². The van der Waals surface area contributed by atoms with Crippen molar-refractivity contribution < 1.29 is 0 Å². The molecule has 2 heterocycles. The van der Waals surface area contributed by atoms with Crippen LogP contribution in [0.25, 0.3) is 28.0 Å². The average molecular weight is 336 g/mol. The lowest BCUT2D eigenvalue weighted by Gasteiger charge is -2.04. The number of H-pyrrole nitrogens is 1. The molecule has 4 aromatic rings. The monoisotopic (exact) mass is 335 g/mol. The van der Waals surface area contributed by atoms with Crippen molar-refractivity contribution >= 4 is 17.2 Å². The second-order valence-electron chi connectivity index (χ2n) is 5.62. The van der Waals surface area contributed by atoms with Crippen LogP contribution in [-0.4, -0.2) is 14.6 Å². The van der Waals surface area contributed by atoms with Crippen LogP contribution in [0.1, 0.15) is 5.69 Å². The Balaban J connectivity index is 2.01. The molecular weight excluding hydrogens is 322 g/mol. The third kappa shape index (κ3) is 2.41. The van der Waals surface area contributed by atoms with E-state index in [1.165, 1.54) is 4.52 Å². The maximum atomic E-state index is 12.5. The fraction of sp³-hybridized carbons (Fsp3) is 0.0526. The highest BCUT2D eigenvalue weighted by Gasteiger charge is 2.15. The van der Waals surface area contributed by atoms with Gasteiger partial charge in [-0.15, -0.1) is 0 Å². The Bertz CT molecular complexity index is 1080. The van der Waals surface area contributed by atoms with E-state index in [-0.39, 0.29) is 5.56 Å². The van der Waals surface area contributed by atoms with E-state index in [1.54, 1.807) is 6.07 Å². The molecule has 0 atom stereocenters. The van der Waals surface area contributed by atoms with Gasteiger partial charge in [0.25, 0.3) is 5.56 Å². The van der Waals surface area contributed by atoms with Crippen LogP contribution >= 0.6 is 11.6 Å². The van der Waals surface area contributed by atoms with E-state index in [2.05, 4.69) is 5.10 Å². The zero-order valence-corrected chi connectivity index (χ0v) is 13.7. The third-order valence-corrected chi connectivity index (χ3v) is 4.25. The fourth-order valence-corrected chi connectivity index (χ4v) is 2.99. The quantitative estimate of drug-likeness (QED) is 0.593. The molecule has 0 fully saturated rings. The maximum Gasteiger partial charge on any atom is 0.273 e. The fourth-order valence-electron chi connectivity index (χ4n) is 2.87. The zero-order chi connectivity index (χ0) is 16.7. The van der Waals surface area contributed by atoms with Crippen molar-refractivity contribution in [3.05, 3.63) is 81.7 Å². The van der Waals surface area contributed by atoms with Crippen LogP contribution in [0, 0.1) is 6.92 Å². The van der Waals surface area contributed by atoms with Crippen LogP contribution in [0.3, 0.4) is 0 Å². The van der Waals surface area contributed by atoms with Crippen molar-refractivity contribution in [3.63, 3.8) is 0 Å². The van der Waals surface area contributed by atoms with Gasteiger partial charge in [0.1, 0.15) is 0 Å². The summed E-state index contributed by atoms with van der Waals surface area (Å²) in [6.07, 6.45) is 0. The molecule has 0 saturated heterocycles. The van der Waals surface area contributed by atoms with Crippen molar-refractivity contribution in [2.45, 2.75) is 6.92 Å². The van der Waals surface area contributed by atoms with Crippen molar-refractivity contribution in [2.24, 2.45) is 0 Å². The lowest BCUT2D eigenvalue weighted by molar-refractivity contribution is 0.882. The second-order valence-corrected chi connectivity index (χ2v) is 6.06. The highest BCUT2D eigenvalue weighted by Crippen LogP contribution is 2.28. The van der Waals surface area contributed by atoms with Crippen molar-refractivity contribution in [1.82, 2.24) is 14.6 Å². The number of benzene rings is 2.